The van der Waals surface area contributed by atoms with Gasteiger partial charge in [0.1, 0.15) is 0 Å². The van der Waals surface area contributed by atoms with Crippen molar-refractivity contribution in [1.29, 1.82) is 0 Å². The number of carboxylic acids is 1. The van der Waals surface area contributed by atoms with Gasteiger partial charge in [-0.2, -0.15) is 0 Å². The van der Waals surface area contributed by atoms with E-state index in [1.165, 1.54) is 142 Å². The van der Waals surface area contributed by atoms with Gasteiger partial charge in [0.2, 0.25) is 0 Å². The maximum Gasteiger partial charge on any atom is 0.309 e. The summed E-state index contributed by atoms with van der Waals surface area (Å²) in [6, 6.07) is 0. The Hall–Kier alpha value is -0.570. The average molecular weight is 480 g/mol. The zero-order valence-electron chi connectivity index (χ0n) is 23.8. The SMILES string of the molecule is CC(C)(CCCCCCCCCCCCCCCCCCCN1CCCCC1)C(C)(C)C(=O)O. The van der Waals surface area contributed by atoms with Gasteiger partial charge in [-0.3, -0.25) is 4.79 Å². The molecular weight excluding hydrogens is 418 g/mol. The molecule has 202 valence electrons. The first-order valence-corrected chi connectivity index (χ1v) is 15.2. The van der Waals surface area contributed by atoms with Gasteiger partial charge < -0.3 is 10.0 Å². The Balaban J connectivity index is 1.76. The van der Waals surface area contributed by atoms with E-state index in [1.807, 2.05) is 13.8 Å². The highest BCUT2D eigenvalue weighted by Gasteiger charge is 2.42. The molecule has 1 aliphatic heterocycles. The van der Waals surface area contributed by atoms with Crippen molar-refractivity contribution in [2.24, 2.45) is 10.8 Å². The van der Waals surface area contributed by atoms with E-state index < -0.39 is 11.4 Å². The van der Waals surface area contributed by atoms with E-state index in [0.29, 0.717) is 0 Å². The van der Waals surface area contributed by atoms with Crippen molar-refractivity contribution < 1.29 is 9.90 Å². The third-order valence-electron chi connectivity index (χ3n) is 8.95. The Morgan fingerprint density at radius 1 is 0.588 bits per heavy atom. The average Bonchev–Trinajstić information content (AvgIpc) is 2.81. The molecule has 0 radical (unpaired) electrons. The summed E-state index contributed by atoms with van der Waals surface area (Å²) in [5.74, 6) is -0.675. The Bertz CT molecular complexity index is 494. The fraction of sp³-hybridized carbons (Fsp3) is 0.968. The number of likely N-dealkylation sites (tertiary alicyclic amines) is 1. The van der Waals surface area contributed by atoms with Gasteiger partial charge in [-0.1, -0.05) is 123 Å². The zero-order valence-corrected chi connectivity index (χ0v) is 23.8. The van der Waals surface area contributed by atoms with E-state index in [1.54, 1.807) is 0 Å². The zero-order chi connectivity index (χ0) is 25.1. The van der Waals surface area contributed by atoms with Gasteiger partial charge >= 0.3 is 5.97 Å². The second kappa shape index (κ2) is 18.7. The molecule has 1 saturated heterocycles. The molecule has 0 aromatic carbocycles. The third-order valence-corrected chi connectivity index (χ3v) is 8.95. The highest BCUT2D eigenvalue weighted by Crippen LogP contribution is 2.42. The number of carboxylic acid groups (broad SMARTS) is 1. The van der Waals surface area contributed by atoms with Crippen LogP contribution in [-0.2, 0) is 4.79 Å². The lowest BCUT2D eigenvalue weighted by Crippen LogP contribution is -2.39. The van der Waals surface area contributed by atoms with E-state index in [-0.39, 0.29) is 5.41 Å². The maximum atomic E-state index is 11.5. The topological polar surface area (TPSA) is 40.5 Å². The summed E-state index contributed by atoms with van der Waals surface area (Å²) in [7, 11) is 0. The van der Waals surface area contributed by atoms with Crippen LogP contribution in [0.4, 0.5) is 0 Å². The number of unbranched alkanes of at least 4 members (excludes halogenated alkanes) is 16. The summed E-state index contributed by atoms with van der Waals surface area (Å²) < 4.78 is 0. The summed E-state index contributed by atoms with van der Waals surface area (Å²) in [6.07, 6.45) is 29.0. The van der Waals surface area contributed by atoms with E-state index in [4.69, 9.17) is 0 Å². The molecule has 1 N–H and O–H groups in total. The molecule has 0 aromatic rings. The van der Waals surface area contributed by atoms with Gasteiger partial charge in [-0.15, -0.1) is 0 Å². The molecule has 34 heavy (non-hydrogen) atoms. The van der Waals surface area contributed by atoms with E-state index >= 15 is 0 Å². The van der Waals surface area contributed by atoms with Gasteiger partial charge in [0.05, 0.1) is 5.41 Å². The molecule has 0 bridgehead atoms. The van der Waals surface area contributed by atoms with Crippen LogP contribution in [0.25, 0.3) is 0 Å². The van der Waals surface area contributed by atoms with Gasteiger partial charge in [-0.05, 0) is 64.6 Å². The Kier molecular flexibility index (Phi) is 17.3. The standard InChI is InChI=1S/C31H61NO2/c1-30(2,31(3,4)29(33)34)25-21-18-16-14-12-10-8-6-5-7-9-11-13-15-17-19-22-26-32-27-23-20-24-28-32/h5-28H2,1-4H3,(H,33,34). The Labute approximate surface area is 213 Å². The fourth-order valence-corrected chi connectivity index (χ4v) is 5.34. The van der Waals surface area contributed by atoms with E-state index in [2.05, 4.69) is 18.7 Å². The lowest BCUT2D eigenvalue weighted by atomic mass is 9.65. The summed E-state index contributed by atoms with van der Waals surface area (Å²) in [5, 5.41) is 9.46. The number of aliphatic carboxylic acids is 1. The predicted octanol–water partition coefficient (Wildman–Crippen LogP) is 9.63. The normalized spacial score (nSPS) is 15.6. The van der Waals surface area contributed by atoms with Gasteiger partial charge in [-0.25, -0.2) is 0 Å². The second-order valence-electron chi connectivity index (χ2n) is 12.5. The molecule has 3 nitrogen and oxygen atoms in total. The predicted molar refractivity (Wildman–Crippen MR) is 149 cm³/mol. The molecular formula is C31H61NO2. The summed E-state index contributed by atoms with van der Waals surface area (Å²) >= 11 is 0. The van der Waals surface area contributed by atoms with Gasteiger partial charge in [0, 0.05) is 0 Å². The van der Waals surface area contributed by atoms with Crippen LogP contribution in [0, 0.1) is 10.8 Å². The first-order chi connectivity index (χ1) is 16.3. The number of rotatable bonds is 22. The smallest absolute Gasteiger partial charge is 0.309 e. The highest BCUT2D eigenvalue weighted by atomic mass is 16.4. The number of piperidine rings is 1. The van der Waals surface area contributed by atoms with Crippen molar-refractivity contribution in [3.63, 3.8) is 0 Å². The van der Waals surface area contributed by atoms with Crippen LogP contribution in [0.5, 0.6) is 0 Å². The van der Waals surface area contributed by atoms with Crippen molar-refractivity contribution in [2.45, 2.75) is 163 Å². The quantitative estimate of drug-likeness (QED) is 0.157. The molecule has 1 heterocycles. The highest BCUT2D eigenvalue weighted by molar-refractivity contribution is 5.74. The molecule has 0 atom stereocenters. The molecule has 0 amide bonds. The summed E-state index contributed by atoms with van der Waals surface area (Å²) in [4.78, 5) is 14.2. The molecule has 1 aliphatic rings. The molecule has 0 unspecified atom stereocenters. The van der Waals surface area contributed by atoms with Gasteiger partial charge in [0.25, 0.3) is 0 Å². The third kappa shape index (κ3) is 14.1. The Morgan fingerprint density at radius 2 is 0.941 bits per heavy atom. The van der Waals surface area contributed by atoms with Crippen LogP contribution >= 0.6 is 0 Å². The number of nitrogens with zero attached hydrogens (tertiary/aromatic N) is 1. The minimum atomic E-state index is -0.675. The van der Waals surface area contributed by atoms with Crippen LogP contribution in [0.3, 0.4) is 0 Å². The first-order valence-electron chi connectivity index (χ1n) is 15.2. The fourth-order valence-electron chi connectivity index (χ4n) is 5.34. The summed E-state index contributed by atoms with van der Waals surface area (Å²) in [5.41, 5.74) is -0.801. The molecule has 1 rings (SSSR count). The Morgan fingerprint density at radius 3 is 1.32 bits per heavy atom. The number of carbonyl (C=O) groups is 1. The molecule has 0 spiro atoms. The molecule has 3 heteroatoms. The van der Waals surface area contributed by atoms with Crippen molar-refractivity contribution in [2.75, 3.05) is 19.6 Å². The van der Waals surface area contributed by atoms with Crippen molar-refractivity contribution >= 4 is 5.97 Å². The van der Waals surface area contributed by atoms with Crippen LogP contribution in [0.2, 0.25) is 0 Å². The monoisotopic (exact) mass is 479 g/mol. The van der Waals surface area contributed by atoms with Crippen molar-refractivity contribution in [3.8, 4) is 0 Å². The first kappa shape index (κ1) is 31.5. The number of hydrogen-bond donors (Lipinski definition) is 1. The number of hydrogen-bond acceptors (Lipinski definition) is 2. The second-order valence-corrected chi connectivity index (χ2v) is 12.5. The molecule has 0 saturated carbocycles. The lowest BCUT2D eigenvalue weighted by Gasteiger charge is -2.38. The van der Waals surface area contributed by atoms with Crippen LogP contribution in [0.1, 0.15) is 163 Å². The van der Waals surface area contributed by atoms with Crippen molar-refractivity contribution in [1.82, 2.24) is 4.90 Å². The largest absolute Gasteiger partial charge is 0.481 e. The minimum Gasteiger partial charge on any atom is -0.481 e. The van der Waals surface area contributed by atoms with Crippen LogP contribution < -0.4 is 0 Å². The van der Waals surface area contributed by atoms with Crippen molar-refractivity contribution in [3.05, 3.63) is 0 Å². The minimum absolute atomic E-state index is 0.147. The molecule has 1 fully saturated rings. The molecule has 0 aliphatic carbocycles. The van der Waals surface area contributed by atoms with Crippen LogP contribution in [0.15, 0.2) is 0 Å². The molecule has 0 aromatic heterocycles. The van der Waals surface area contributed by atoms with Crippen LogP contribution in [-0.4, -0.2) is 35.6 Å². The summed E-state index contributed by atoms with van der Waals surface area (Å²) in [6.45, 7) is 12.0. The lowest BCUT2D eigenvalue weighted by molar-refractivity contribution is -0.154. The van der Waals surface area contributed by atoms with Gasteiger partial charge in [0.15, 0.2) is 0 Å². The van der Waals surface area contributed by atoms with E-state index in [0.717, 1.165) is 12.8 Å². The van der Waals surface area contributed by atoms with E-state index in [9.17, 15) is 9.90 Å². The maximum absolute atomic E-state index is 11.5.